The highest BCUT2D eigenvalue weighted by molar-refractivity contribution is 6.31. The van der Waals surface area contributed by atoms with Crippen molar-refractivity contribution < 1.29 is 19.5 Å². The average Bonchev–Trinajstić information content (AvgIpc) is 3.05. The number of anilines is 1. The van der Waals surface area contributed by atoms with E-state index in [1.807, 2.05) is 0 Å². The van der Waals surface area contributed by atoms with Gasteiger partial charge in [0.1, 0.15) is 11.5 Å². The Hall–Kier alpha value is -2.73. The lowest BCUT2D eigenvalue weighted by Crippen LogP contribution is -2.28. The maximum absolute atomic E-state index is 12.4. The minimum Gasteiger partial charge on any atom is -0.507 e. The largest absolute Gasteiger partial charge is 0.507 e. The number of halogens is 1. The summed E-state index contributed by atoms with van der Waals surface area (Å²) < 4.78 is 5.19. The lowest BCUT2D eigenvalue weighted by atomic mass is 10.0. The SMILES string of the molecule is COc1ccc(Cl)cc1NC(=O)[C@H]1CC(c2ccccc2O)=NO1. The molecule has 2 aromatic rings. The lowest BCUT2D eigenvalue weighted by Gasteiger charge is -2.13. The Kier molecular flexibility index (Phi) is 4.57. The molecule has 124 valence electrons. The fourth-order valence-electron chi connectivity index (χ4n) is 2.39. The van der Waals surface area contributed by atoms with Gasteiger partial charge in [0.15, 0.2) is 0 Å². The van der Waals surface area contributed by atoms with Crippen molar-refractivity contribution >= 4 is 28.9 Å². The van der Waals surface area contributed by atoms with Gasteiger partial charge in [-0.3, -0.25) is 4.79 Å². The molecule has 0 aliphatic carbocycles. The number of methoxy groups -OCH3 is 1. The van der Waals surface area contributed by atoms with Crippen LogP contribution >= 0.6 is 11.6 Å². The topological polar surface area (TPSA) is 80.2 Å². The van der Waals surface area contributed by atoms with Crippen LogP contribution in [0.5, 0.6) is 11.5 Å². The van der Waals surface area contributed by atoms with Crippen LogP contribution in [-0.2, 0) is 9.63 Å². The van der Waals surface area contributed by atoms with Crippen LogP contribution in [0.3, 0.4) is 0 Å². The number of oxime groups is 1. The first-order valence-electron chi connectivity index (χ1n) is 7.24. The van der Waals surface area contributed by atoms with Crippen molar-refractivity contribution in [2.24, 2.45) is 5.16 Å². The number of phenolic OH excluding ortho intramolecular Hbond substituents is 1. The Labute approximate surface area is 143 Å². The van der Waals surface area contributed by atoms with Crippen LogP contribution < -0.4 is 10.1 Å². The molecule has 1 aliphatic heterocycles. The van der Waals surface area contributed by atoms with Gasteiger partial charge >= 0.3 is 0 Å². The highest BCUT2D eigenvalue weighted by Gasteiger charge is 2.30. The third-order valence-electron chi connectivity index (χ3n) is 3.60. The van der Waals surface area contributed by atoms with Crippen molar-refractivity contribution in [3.63, 3.8) is 0 Å². The molecule has 7 heteroatoms. The van der Waals surface area contributed by atoms with Crippen molar-refractivity contribution in [2.45, 2.75) is 12.5 Å². The molecule has 3 rings (SSSR count). The second-order valence-electron chi connectivity index (χ2n) is 5.19. The second kappa shape index (κ2) is 6.80. The van der Waals surface area contributed by atoms with Crippen molar-refractivity contribution in [3.8, 4) is 11.5 Å². The Bertz CT molecular complexity index is 807. The third kappa shape index (κ3) is 3.28. The van der Waals surface area contributed by atoms with E-state index >= 15 is 0 Å². The van der Waals surface area contributed by atoms with Gasteiger partial charge in [-0.05, 0) is 30.3 Å². The number of ether oxygens (including phenoxy) is 1. The molecule has 0 unspecified atom stereocenters. The summed E-state index contributed by atoms with van der Waals surface area (Å²) in [7, 11) is 1.50. The molecule has 1 aliphatic rings. The van der Waals surface area contributed by atoms with Crippen molar-refractivity contribution in [1.29, 1.82) is 0 Å². The summed E-state index contributed by atoms with van der Waals surface area (Å²) in [5.74, 6) is 0.217. The molecule has 0 saturated heterocycles. The molecule has 24 heavy (non-hydrogen) atoms. The molecule has 2 aromatic carbocycles. The number of nitrogens with one attached hydrogen (secondary N) is 1. The summed E-state index contributed by atoms with van der Waals surface area (Å²) in [6.07, 6.45) is -0.532. The van der Waals surface area contributed by atoms with Crippen LogP contribution in [-0.4, -0.2) is 29.9 Å². The van der Waals surface area contributed by atoms with Gasteiger partial charge < -0.3 is 20.0 Å². The van der Waals surface area contributed by atoms with Crippen LogP contribution in [0.15, 0.2) is 47.6 Å². The first-order valence-corrected chi connectivity index (χ1v) is 7.61. The van der Waals surface area contributed by atoms with Gasteiger partial charge in [-0.1, -0.05) is 28.9 Å². The molecule has 0 spiro atoms. The van der Waals surface area contributed by atoms with Gasteiger partial charge in [0, 0.05) is 17.0 Å². The van der Waals surface area contributed by atoms with E-state index in [1.54, 1.807) is 42.5 Å². The molecule has 0 saturated carbocycles. The van der Waals surface area contributed by atoms with Crippen LogP contribution in [0.25, 0.3) is 0 Å². The van der Waals surface area contributed by atoms with Gasteiger partial charge in [-0.25, -0.2) is 0 Å². The number of hydrogen-bond acceptors (Lipinski definition) is 5. The maximum Gasteiger partial charge on any atom is 0.268 e. The van der Waals surface area contributed by atoms with E-state index in [0.717, 1.165) is 0 Å². The predicted octanol–water partition coefficient (Wildman–Crippen LogP) is 3.19. The Morgan fingerprint density at radius 2 is 2.17 bits per heavy atom. The fourth-order valence-corrected chi connectivity index (χ4v) is 2.56. The zero-order valence-electron chi connectivity index (χ0n) is 12.8. The summed E-state index contributed by atoms with van der Waals surface area (Å²) in [5, 5.41) is 17.0. The molecule has 2 N–H and O–H groups in total. The molecule has 1 atom stereocenters. The first kappa shape index (κ1) is 16.1. The van der Waals surface area contributed by atoms with Crippen LogP contribution in [0.2, 0.25) is 5.02 Å². The summed E-state index contributed by atoms with van der Waals surface area (Å²) in [4.78, 5) is 17.6. The van der Waals surface area contributed by atoms with E-state index in [2.05, 4.69) is 10.5 Å². The molecular weight excluding hydrogens is 332 g/mol. The van der Waals surface area contributed by atoms with Gasteiger partial charge in [-0.15, -0.1) is 0 Å². The summed E-state index contributed by atoms with van der Waals surface area (Å²) in [5.41, 5.74) is 1.52. The zero-order valence-corrected chi connectivity index (χ0v) is 13.6. The Balaban J connectivity index is 1.70. The number of carbonyl (C=O) groups excluding carboxylic acids is 1. The van der Waals surface area contributed by atoms with E-state index in [9.17, 15) is 9.90 Å². The van der Waals surface area contributed by atoms with Gasteiger partial charge in [0.2, 0.25) is 6.10 Å². The minimum absolute atomic E-state index is 0.0948. The van der Waals surface area contributed by atoms with Crippen molar-refractivity contribution in [1.82, 2.24) is 0 Å². The number of phenols is 1. The van der Waals surface area contributed by atoms with Gasteiger partial charge in [0.25, 0.3) is 5.91 Å². The van der Waals surface area contributed by atoms with E-state index in [4.69, 9.17) is 21.2 Å². The zero-order chi connectivity index (χ0) is 17.1. The Morgan fingerprint density at radius 3 is 2.92 bits per heavy atom. The maximum atomic E-state index is 12.4. The molecule has 0 radical (unpaired) electrons. The molecule has 1 amide bonds. The molecule has 0 bridgehead atoms. The van der Waals surface area contributed by atoms with E-state index in [1.165, 1.54) is 7.11 Å². The summed E-state index contributed by atoms with van der Waals surface area (Å²) in [6.45, 7) is 0. The predicted molar refractivity (Wildman–Crippen MR) is 90.8 cm³/mol. The lowest BCUT2D eigenvalue weighted by molar-refractivity contribution is -0.125. The number of para-hydroxylation sites is 1. The minimum atomic E-state index is -0.789. The van der Waals surface area contributed by atoms with E-state index < -0.39 is 6.10 Å². The number of carbonyl (C=O) groups is 1. The molecule has 0 aromatic heterocycles. The normalized spacial score (nSPS) is 16.2. The van der Waals surface area contributed by atoms with Gasteiger partial charge in [-0.2, -0.15) is 0 Å². The number of rotatable bonds is 4. The highest BCUT2D eigenvalue weighted by atomic mass is 35.5. The molecule has 6 nitrogen and oxygen atoms in total. The van der Waals surface area contributed by atoms with Crippen molar-refractivity contribution in [2.75, 3.05) is 12.4 Å². The summed E-state index contributed by atoms with van der Waals surface area (Å²) in [6, 6.07) is 11.7. The van der Waals surface area contributed by atoms with Crippen molar-refractivity contribution in [3.05, 3.63) is 53.1 Å². The molecule has 0 fully saturated rings. The average molecular weight is 347 g/mol. The highest BCUT2D eigenvalue weighted by Crippen LogP contribution is 2.29. The first-order chi connectivity index (χ1) is 11.6. The monoisotopic (exact) mass is 346 g/mol. The van der Waals surface area contributed by atoms with E-state index in [0.29, 0.717) is 27.7 Å². The van der Waals surface area contributed by atoms with Crippen LogP contribution in [0, 0.1) is 0 Å². The fraction of sp³-hybridized carbons (Fsp3) is 0.176. The smallest absolute Gasteiger partial charge is 0.268 e. The van der Waals surface area contributed by atoms with Crippen LogP contribution in [0.4, 0.5) is 5.69 Å². The van der Waals surface area contributed by atoms with Crippen LogP contribution in [0.1, 0.15) is 12.0 Å². The Morgan fingerprint density at radius 1 is 1.38 bits per heavy atom. The summed E-state index contributed by atoms with van der Waals surface area (Å²) >= 11 is 5.95. The molecular formula is C17H15ClN2O4. The third-order valence-corrected chi connectivity index (χ3v) is 3.83. The number of nitrogens with zero attached hydrogens (tertiary/aromatic N) is 1. The number of hydrogen-bond donors (Lipinski definition) is 2. The van der Waals surface area contributed by atoms with E-state index in [-0.39, 0.29) is 18.1 Å². The number of aromatic hydroxyl groups is 1. The number of amides is 1. The molecule has 1 heterocycles. The second-order valence-corrected chi connectivity index (χ2v) is 5.62. The quantitative estimate of drug-likeness (QED) is 0.891. The number of benzene rings is 2. The van der Waals surface area contributed by atoms with Gasteiger partial charge in [0.05, 0.1) is 18.5 Å². The standard InChI is InChI=1S/C17H15ClN2O4/c1-23-15-7-6-10(18)8-13(15)19-17(22)16-9-12(20-24-16)11-4-2-3-5-14(11)21/h2-8,16,21H,9H2,1H3,(H,19,22)/t16-/m1/s1.